The third kappa shape index (κ3) is 5.90. The summed E-state index contributed by atoms with van der Waals surface area (Å²) >= 11 is 6.59. The number of halogens is 1. The standard InChI is InChI=1S/C30H25ClN4O4S/c1-3-21-9-13-25(14-10-21)40(37,38)34-30(36)28-16-15-27-29(33-28)35(20(2)32-27)18-23-11-12-24(17-26(23)31)39-19-22-7-5-4-6-8-22/h3-17H,1,18-19H2,2H3,(H,34,36). The fourth-order valence-corrected chi connectivity index (χ4v) is 5.30. The highest BCUT2D eigenvalue weighted by atomic mass is 35.5. The number of amides is 1. The van der Waals surface area contributed by atoms with Crippen LogP contribution in [-0.4, -0.2) is 28.9 Å². The second-order valence-corrected chi connectivity index (χ2v) is 11.1. The Kier molecular flexibility index (Phi) is 7.68. The van der Waals surface area contributed by atoms with Crippen molar-refractivity contribution in [2.45, 2.75) is 25.0 Å². The highest BCUT2D eigenvalue weighted by molar-refractivity contribution is 7.90. The molecule has 0 aliphatic carbocycles. The quantitative estimate of drug-likeness (QED) is 0.240. The Morgan fingerprint density at radius 3 is 2.48 bits per heavy atom. The van der Waals surface area contributed by atoms with E-state index < -0.39 is 15.9 Å². The predicted octanol–water partition coefficient (Wildman–Crippen LogP) is 5.78. The number of nitrogens with one attached hydrogen (secondary N) is 1. The maximum Gasteiger partial charge on any atom is 0.283 e. The molecule has 0 spiro atoms. The molecule has 8 nitrogen and oxygen atoms in total. The second kappa shape index (κ2) is 11.3. The molecule has 0 saturated heterocycles. The van der Waals surface area contributed by atoms with Crippen molar-refractivity contribution in [3.63, 3.8) is 0 Å². The van der Waals surface area contributed by atoms with Gasteiger partial charge in [0.1, 0.15) is 29.4 Å². The van der Waals surface area contributed by atoms with E-state index in [1.807, 2.05) is 54.0 Å². The predicted molar refractivity (Wildman–Crippen MR) is 155 cm³/mol. The number of imidazole rings is 1. The lowest BCUT2D eigenvalue weighted by atomic mass is 10.2. The first-order valence-corrected chi connectivity index (χ1v) is 14.2. The number of nitrogens with zero attached hydrogens (tertiary/aromatic N) is 3. The van der Waals surface area contributed by atoms with Crippen LogP contribution in [0.25, 0.3) is 17.2 Å². The third-order valence-corrected chi connectivity index (χ3v) is 7.97. The maximum atomic E-state index is 12.9. The number of hydrogen-bond donors (Lipinski definition) is 1. The minimum absolute atomic E-state index is 0.0424. The minimum Gasteiger partial charge on any atom is -0.489 e. The molecule has 0 fully saturated rings. The zero-order valence-electron chi connectivity index (χ0n) is 21.5. The number of carbonyl (C=O) groups is 1. The number of carbonyl (C=O) groups excluding carboxylic acids is 1. The first kappa shape index (κ1) is 27.1. The molecule has 1 N–H and O–H groups in total. The molecule has 2 heterocycles. The van der Waals surface area contributed by atoms with Crippen molar-refractivity contribution in [2.75, 3.05) is 0 Å². The second-order valence-electron chi connectivity index (χ2n) is 9.02. The van der Waals surface area contributed by atoms with Crippen LogP contribution in [0.15, 0.2) is 96.4 Å². The van der Waals surface area contributed by atoms with Crippen LogP contribution in [0.5, 0.6) is 5.75 Å². The van der Waals surface area contributed by atoms with E-state index in [-0.39, 0.29) is 10.6 Å². The van der Waals surface area contributed by atoms with Gasteiger partial charge in [0.05, 0.1) is 11.4 Å². The van der Waals surface area contributed by atoms with Crippen LogP contribution in [0, 0.1) is 6.92 Å². The van der Waals surface area contributed by atoms with E-state index >= 15 is 0 Å². The Balaban J connectivity index is 1.35. The highest BCUT2D eigenvalue weighted by Crippen LogP contribution is 2.26. The van der Waals surface area contributed by atoms with Crippen LogP contribution >= 0.6 is 11.6 Å². The van der Waals surface area contributed by atoms with Gasteiger partial charge in [-0.15, -0.1) is 0 Å². The third-order valence-electron chi connectivity index (χ3n) is 6.27. The van der Waals surface area contributed by atoms with Gasteiger partial charge in [-0.25, -0.2) is 23.1 Å². The summed E-state index contributed by atoms with van der Waals surface area (Å²) in [4.78, 5) is 21.8. The van der Waals surface area contributed by atoms with E-state index in [0.29, 0.717) is 40.9 Å². The van der Waals surface area contributed by atoms with E-state index in [1.165, 1.54) is 18.2 Å². The molecule has 1 amide bonds. The number of hydrogen-bond acceptors (Lipinski definition) is 6. The van der Waals surface area contributed by atoms with Crippen LogP contribution in [0.1, 0.15) is 33.0 Å². The first-order valence-electron chi connectivity index (χ1n) is 12.3. The number of aryl methyl sites for hydroxylation is 1. The minimum atomic E-state index is -4.10. The SMILES string of the molecule is C=Cc1ccc(S(=O)(=O)NC(=O)c2ccc3nc(C)n(Cc4ccc(OCc5ccccc5)cc4Cl)c3n2)cc1. The average Bonchev–Trinajstić information content (AvgIpc) is 3.27. The normalized spacial score (nSPS) is 11.3. The summed E-state index contributed by atoms with van der Waals surface area (Å²) in [5, 5.41) is 0.509. The molecule has 0 radical (unpaired) electrons. The molecule has 0 aliphatic heterocycles. The van der Waals surface area contributed by atoms with Gasteiger partial charge in [0, 0.05) is 5.02 Å². The van der Waals surface area contributed by atoms with Crippen molar-refractivity contribution < 1.29 is 17.9 Å². The van der Waals surface area contributed by atoms with Crippen LogP contribution in [0.2, 0.25) is 5.02 Å². The molecule has 202 valence electrons. The topological polar surface area (TPSA) is 103 Å². The zero-order chi connectivity index (χ0) is 28.3. The summed E-state index contributed by atoms with van der Waals surface area (Å²) in [6.07, 6.45) is 1.60. The van der Waals surface area contributed by atoms with E-state index in [2.05, 4.69) is 21.3 Å². The van der Waals surface area contributed by atoms with Crippen LogP contribution in [0.4, 0.5) is 0 Å². The van der Waals surface area contributed by atoms with Crippen LogP contribution in [0.3, 0.4) is 0 Å². The van der Waals surface area contributed by atoms with Gasteiger partial charge in [0.2, 0.25) is 0 Å². The van der Waals surface area contributed by atoms with Gasteiger partial charge in [-0.05, 0) is 60.0 Å². The molecular weight excluding hydrogens is 548 g/mol. The van der Waals surface area contributed by atoms with Crippen molar-refractivity contribution in [3.8, 4) is 5.75 Å². The fourth-order valence-electron chi connectivity index (χ4n) is 4.10. The van der Waals surface area contributed by atoms with E-state index in [4.69, 9.17) is 16.3 Å². The molecule has 0 saturated carbocycles. The van der Waals surface area contributed by atoms with Crippen molar-refractivity contribution in [2.24, 2.45) is 0 Å². The van der Waals surface area contributed by atoms with Crippen molar-refractivity contribution in [1.29, 1.82) is 0 Å². The molecule has 0 aliphatic rings. The molecule has 0 unspecified atom stereocenters. The number of sulfonamides is 1. The number of fused-ring (bicyclic) bond motifs is 1. The number of ether oxygens (including phenoxy) is 1. The smallest absolute Gasteiger partial charge is 0.283 e. The van der Waals surface area contributed by atoms with Gasteiger partial charge in [-0.1, -0.05) is 72.8 Å². The summed E-state index contributed by atoms with van der Waals surface area (Å²) in [6.45, 7) is 6.24. The van der Waals surface area contributed by atoms with Crippen LogP contribution < -0.4 is 9.46 Å². The van der Waals surface area contributed by atoms with Crippen LogP contribution in [-0.2, 0) is 23.2 Å². The summed E-state index contributed by atoms with van der Waals surface area (Å²) < 4.78 is 35.3. The van der Waals surface area contributed by atoms with E-state index in [1.54, 1.807) is 30.3 Å². The summed E-state index contributed by atoms with van der Waals surface area (Å²) in [5.41, 5.74) is 3.55. The van der Waals surface area contributed by atoms with E-state index in [0.717, 1.165) is 16.7 Å². The van der Waals surface area contributed by atoms with E-state index in [9.17, 15) is 13.2 Å². The highest BCUT2D eigenvalue weighted by Gasteiger charge is 2.21. The molecule has 0 atom stereocenters. The van der Waals surface area contributed by atoms with Gasteiger partial charge in [0.15, 0.2) is 5.65 Å². The Bertz CT molecular complexity index is 1820. The monoisotopic (exact) mass is 572 g/mol. The molecule has 0 bridgehead atoms. The van der Waals surface area contributed by atoms with Crippen molar-refractivity contribution >= 4 is 44.8 Å². The fraction of sp³-hybridized carbons (Fsp3) is 0.100. The van der Waals surface area contributed by atoms with Gasteiger partial charge in [-0.3, -0.25) is 4.79 Å². The number of pyridine rings is 1. The molecule has 5 rings (SSSR count). The molecular formula is C30H25ClN4O4S. The Morgan fingerprint density at radius 2 is 1.77 bits per heavy atom. The summed E-state index contributed by atoms with van der Waals surface area (Å²) in [7, 11) is -4.10. The van der Waals surface area contributed by atoms with Gasteiger partial charge < -0.3 is 9.30 Å². The van der Waals surface area contributed by atoms with Gasteiger partial charge >= 0.3 is 0 Å². The lowest BCUT2D eigenvalue weighted by molar-refractivity contribution is 0.0977. The number of aromatic nitrogens is 3. The molecule has 40 heavy (non-hydrogen) atoms. The van der Waals surface area contributed by atoms with Crippen molar-refractivity contribution in [3.05, 3.63) is 125 Å². The largest absolute Gasteiger partial charge is 0.489 e. The number of benzene rings is 3. The Morgan fingerprint density at radius 1 is 1.02 bits per heavy atom. The van der Waals surface area contributed by atoms with Crippen molar-refractivity contribution in [1.82, 2.24) is 19.3 Å². The lowest BCUT2D eigenvalue weighted by Gasteiger charge is -2.12. The Hall–Kier alpha value is -4.47. The summed E-state index contributed by atoms with van der Waals surface area (Å²) in [5.74, 6) is 0.454. The first-order chi connectivity index (χ1) is 19.2. The molecule has 5 aromatic rings. The zero-order valence-corrected chi connectivity index (χ0v) is 23.1. The maximum absolute atomic E-state index is 12.9. The Labute approximate surface area is 237 Å². The molecule has 2 aromatic heterocycles. The molecule has 3 aromatic carbocycles. The van der Waals surface area contributed by atoms with Gasteiger partial charge in [0.25, 0.3) is 15.9 Å². The summed E-state index contributed by atoms with van der Waals surface area (Å²) in [6, 6.07) is 24.4. The van der Waals surface area contributed by atoms with Gasteiger partial charge in [-0.2, -0.15) is 0 Å². The number of rotatable bonds is 9. The lowest BCUT2D eigenvalue weighted by Crippen LogP contribution is -2.31. The average molecular weight is 573 g/mol. The molecule has 10 heteroatoms.